The van der Waals surface area contributed by atoms with E-state index in [1.165, 1.54) is 0 Å². The van der Waals surface area contributed by atoms with E-state index in [9.17, 15) is 8.78 Å². The molecule has 1 aliphatic carbocycles. The van der Waals surface area contributed by atoms with Crippen molar-refractivity contribution in [1.29, 1.82) is 0 Å². The third-order valence-electron chi connectivity index (χ3n) is 2.86. The smallest absolute Gasteiger partial charge is 0.395 e. The molecule has 0 fully saturated rings. The van der Waals surface area contributed by atoms with E-state index in [1.807, 2.05) is 0 Å². The van der Waals surface area contributed by atoms with Crippen molar-refractivity contribution in [3.63, 3.8) is 0 Å². The topological polar surface area (TPSA) is 18.5 Å². The van der Waals surface area contributed by atoms with Crippen LogP contribution in [0.25, 0.3) is 0 Å². The molecule has 1 heterocycles. The van der Waals surface area contributed by atoms with E-state index in [0.717, 1.165) is 24.0 Å². The molecule has 0 unspecified atom stereocenters. The van der Waals surface area contributed by atoms with Crippen LogP contribution in [0, 0.1) is 5.92 Å². The minimum Gasteiger partial charge on any atom is -0.395 e. The van der Waals surface area contributed by atoms with Gasteiger partial charge in [-0.2, -0.15) is 0 Å². The quantitative estimate of drug-likeness (QED) is 0.658. The summed E-state index contributed by atoms with van der Waals surface area (Å²) >= 11 is 0. The molecule has 15 heavy (non-hydrogen) atoms. The maximum absolute atomic E-state index is 12.8. The Morgan fingerprint density at radius 3 is 2.07 bits per heavy atom. The van der Waals surface area contributed by atoms with Gasteiger partial charge in [-0.15, -0.1) is 8.78 Å². The Morgan fingerprint density at radius 1 is 1.13 bits per heavy atom. The van der Waals surface area contributed by atoms with Crippen molar-refractivity contribution in [2.24, 2.45) is 5.92 Å². The van der Waals surface area contributed by atoms with Crippen LogP contribution in [0.1, 0.15) is 18.1 Å². The minimum absolute atomic E-state index is 0.160. The highest BCUT2D eigenvalue weighted by molar-refractivity contribution is 5.50. The molecule has 4 heteroatoms. The van der Waals surface area contributed by atoms with Crippen LogP contribution in [-0.4, -0.2) is 6.29 Å². The fourth-order valence-electron chi connectivity index (χ4n) is 2.28. The Kier molecular flexibility index (Phi) is 1.56. The number of ether oxygens (including phenoxy) is 2. The van der Waals surface area contributed by atoms with Crippen LogP contribution in [0.15, 0.2) is 12.1 Å². The second kappa shape index (κ2) is 2.62. The maximum Gasteiger partial charge on any atom is 0.586 e. The first-order valence-electron chi connectivity index (χ1n) is 4.95. The van der Waals surface area contributed by atoms with Gasteiger partial charge in [-0.1, -0.05) is 6.92 Å². The van der Waals surface area contributed by atoms with E-state index in [1.54, 1.807) is 12.1 Å². The molecule has 0 spiro atoms. The minimum atomic E-state index is -3.50. The Balaban J connectivity index is 2.03. The largest absolute Gasteiger partial charge is 0.586 e. The lowest BCUT2D eigenvalue weighted by Gasteiger charge is -2.04. The average molecular weight is 212 g/mol. The molecule has 0 saturated heterocycles. The molecule has 1 aromatic rings. The Labute approximate surface area is 85.8 Å². The summed E-state index contributed by atoms with van der Waals surface area (Å²) in [7, 11) is 0. The number of fused-ring (bicyclic) bond motifs is 2. The first kappa shape index (κ1) is 8.95. The lowest BCUT2D eigenvalue weighted by molar-refractivity contribution is -0.286. The summed E-state index contributed by atoms with van der Waals surface area (Å²) in [5, 5.41) is 0. The Hall–Kier alpha value is -1.32. The van der Waals surface area contributed by atoms with Gasteiger partial charge in [0, 0.05) is 0 Å². The second-order valence-corrected chi connectivity index (χ2v) is 4.25. The number of hydrogen-bond donors (Lipinski definition) is 0. The summed E-state index contributed by atoms with van der Waals surface area (Å²) in [5.74, 6) is 0.892. The van der Waals surface area contributed by atoms with Crippen molar-refractivity contribution in [1.82, 2.24) is 0 Å². The van der Waals surface area contributed by atoms with Crippen LogP contribution in [0.3, 0.4) is 0 Å². The van der Waals surface area contributed by atoms with Gasteiger partial charge in [0.05, 0.1) is 0 Å². The predicted molar refractivity (Wildman–Crippen MR) is 49.2 cm³/mol. The highest BCUT2D eigenvalue weighted by atomic mass is 19.3. The molecular weight excluding hydrogens is 202 g/mol. The lowest BCUT2D eigenvalue weighted by atomic mass is 10.1. The zero-order chi connectivity index (χ0) is 10.6. The first-order valence-corrected chi connectivity index (χ1v) is 4.95. The average Bonchev–Trinajstić information content (AvgIpc) is 2.55. The number of rotatable bonds is 0. The molecule has 0 bridgehead atoms. The van der Waals surface area contributed by atoms with Crippen LogP contribution < -0.4 is 9.47 Å². The maximum atomic E-state index is 12.8. The van der Waals surface area contributed by atoms with E-state index in [2.05, 4.69) is 16.4 Å². The second-order valence-electron chi connectivity index (χ2n) is 4.25. The normalized spacial score (nSPS) is 21.8. The van der Waals surface area contributed by atoms with Gasteiger partial charge in [-0.3, -0.25) is 0 Å². The first-order chi connectivity index (χ1) is 7.03. The van der Waals surface area contributed by atoms with Crippen LogP contribution in [-0.2, 0) is 12.8 Å². The highest BCUT2D eigenvalue weighted by Crippen LogP contribution is 2.44. The summed E-state index contributed by atoms with van der Waals surface area (Å²) < 4.78 is 34.3. The van der Waals surface area contributed by atoms with Gasteiger partial charge in [0.15, 0.2) is 11.5 Å². The van der Waals surface area contributed by atoms with Crippen molar-refractivity contribution in [3.05, 3.63) is 23.3 Å². The standard InChI is InChI=1S/C11H10F2O2/c1-6-2-7-4-9-10(5-8(7)3-6)15-11(12,13)14-9/h4-6H,2-3H2,1H3. The molecule has 0 aromatic heterocycles. The predicted octanol–water partition coefficient (Wildman–Crippen LogP) is 2.74. The van der Waals surface area contributed by atoms with Gasteiger partial charge in [0.2, 0.25) is 0 Å². The van der Waals surface area contributed by atoms with E-state index in [4.69, 9.17) is 0 Å². The molecule has 2 aliphatic rings. The summed E-state index contributed by atoms with van der Waals surface area (Å²) in [6.45, 7) is 2.14. The third-order valence-corrected chi connectivity index (χ3v) is 2.86. The fourth-order valence-corrected chi connectivity index (χ4v) is 2.28. The van der Waals surface area contributed by atoms with Gasteiger partial charge in [0.1, 0.15) is 0 Å². The molecule has 2 nitrogen and oxygen atoms in total. The summed E-state index contributed by atoms with van der Waals surface area (Å²) in [5.41, 5.74) is 2.20. The van der Waals surface area contributed by atoms with Crippen LogP contribution in [0.4, 0.5) is 8.78 Å². The van der Waals surface area contributed by atoms with Gasteiger partial charge in [0.25, 0.3) is 0 Å². The number of alkyl halides is 2. The van der Waals surface area contributed by atoms with Crippen molar-refractivity contribution in [2.45, 2.75) is 26.1 Å². The number of hydrogen-bond acceptors (Lipinski definition) is 2. The third kappa shape index (κ3) is 1.35. The number of halogens is 2. The highest BCUT2D eigenvalue weighted by Gasteiger charge is 2.44. The van der Waals surface area contributed by atoms with E-state index in [-0.39, 0.29) is 11.5 Å². The Morgan fingerprint density at radius 2 is 1.60 bits per heavy atom. The van der Waals surface area contributed by atoms with Crippen LogP contribution in [0.2, 0.25) is 0 Å². The number of benzene rings is 1. The molecule has 0 N–H and O–H groups in total. The van der Waals surface area contributed by atoms with Crippen LogP contribution in [0.5, 0.6) is 11.5 Å². The van der Waals surface area contributed by atoms with Gasteiger partial charge in [-0.25, -0.2) is 0 Å². The molecule has 1 aliphatic heterocycles. The molecule has 0 amide bonds. The summed E-state index contributed by atoms with van der Waals surface area (Å²) in [4.78, 5) is 0. The summed E-state index contributed by atoms with van der Waals surface area (Å²) in [6.07, 6.45) is -1.64. The van der Waals surface area contributed by atoms with Gasteiger partial charge >= 0.3 is 6.29 Å². The van der Waals surface area contributed by atoms with E-state index < -0.39 is 6.29 Å². The fraction of sp³-hybridized carbons (Fsp3) is 0.455. The van der Waals surface area contributed by atoms with Gasteiger partial charge in [-0.05, 0) is 42.0 Å². The molecule has 80 valence electrons. The van der Waals surface area contributed by atoms with Crippen LogP contribution >= 0.6 is 0 Å². The molecule has 0 radical (unpaired) electrons. The molecule has 0 atom stereocenters. The summed E-state index contributed by atoms with van der Waals surface area (Å²) in [6, 6.07) is 3.35. The zero-order valence-electron chi connectivity index (χ0n) is 8.22. The SMILES string of the molecule is CC1Cc2cc3c(cc2C1)OC(F)(F)O3. The monoisotopic (exact) mass is 212 g/mol. The van der Waals surface area contributed by atoms with Crippen molar-refractivity contribution < 1.29 is 18.3 Å². The molecular formula is C11H10F2O2. The molecule has 0 saturated carbocycles. The van der Waals surface area contributed by atoms with E-state index >= 15 is 0 Å². The Bertz CT molecular complexity index is 392. The van der Waals surface area contributed by atoms with Crippen molar-refractivity contribution >= 4 is 0 Å². The van der Waals surface area contributed by atoms with E-state index in [0.29, 0.717) is 5.92 Å². The van der Waals surface area contributed by atoms with Crippen molar-refractivity contribution in [3.8, 4) is 11.5 Å². The van der Waals surface area contributed by atoms with Gasteiger partial charge < -0.3 is 9.47 Å². The molecule has 3 rings (SSSR count). The lowest BCUT2D eigenvalue weighted by Crippen LogP contribution is -2.25. The molecule has 1 aromatic carbocycles. The zero-order valence-corrected chi connectivity index (χ0v) is 8.22. The van der Waals surface area contributed by atoms with Crippen molar-refractivity contribution in [2.75, 3.05) is 0 Å².